The van der Waals surface area contributed by atoms with Crippen molar-refractivity contribution >= 4 is 33.9 Å². The molecule has 1 atom stereocenters. The van der Waals surface area contributed by atoms with Crippen LogP contribution in [-0.2, 0) is 4.79 Å². The second-order valence-electron chi connectivity index (χ2n) is 7.35. The quantitative estimate of drug-likeness (QED) is 0.606. The summed E-state index contributed by atoms with van der Waals surface area (Å²) < 4.78 is 0. The van der Waals surface area contributed by atoms with E-state index in [1.807, 2.05) is 45.0 Å². The maximum absolute atomic E-state index is 13.5. The van der Waals surface area contributed by atoms with Gasteiger partial charge in [-0.05, 0) is 33.3 Å². The van der Waals surface area contributed by atoms with Crippen LogP contribution < -0.4 is 0 Å². The molecule has 1 amide bonds. The number of para-hydroxylation sites is 1. The minimum atomic E-state index is -0.632. The number of Topliss-reactive ketones (excluding diaryl/α,β-unsaturated/α-hetero) is 1. The molecule has 150 valence electrons. The van der Waals surface area contributed by atoms with E-state index in [2.05, 4.69) is 9.97 Å². The van der Waals surface area contributed by atoms with Crippen molar-refractivity contribution in [2.45, 2.75) is 40.2 Å². The SMILES string of the molecule is CCCN1C(=O)C(O)=C(C(=O)c2sc(C)nc2C)C1c1c(C)[nH]c2ccccc12. The van der Waals surface area contributed by atoms with Gasteiger partial charge in [-0.25, -0.2) is 4.98 Å². The smallest absolute Gasteiger partial charge is 0.290 e. The highest BCUT2D eigenvalue weighted by Crippen LogP contribution is 2.43. The lowest BCUT2D eigenvalue weighted by molar-refractivity contribution is -0.129. The fourth-order valence-corrected chi connectivity index (χ4v) is 5.05. The minimum absolute atomic E-state index is 0.142. The zero-order valence-corrected chi connectivity index (χ0v) is 17.7. The summed E-state index contributed by atoms with van der Waals surface area (Å²) in [6, 6.07) is 7.18. The van der Waals surface area contributed by atoms with Crippen molar-refractivity contribution < 1.29 is 14.7 Å². The highest BCUT2D eigenvalue weighted by atomic mass is 32.1. The van der Waals surface area contributed by atoms with Crippen LogP contribution in [-0.4, -0.2) is 38.2 Å². The van der Waals surface area contributed by atoms with Gasteiger partial charge in [-0.2, -0.15) is 0 Å². The molecule has 0 spiro atoms. The van der Waals surface area contributed by atoms with Gasteiger partial charge in [0.1, 0.15) is 0 Å². The first-order chi connectivity index (χ1) is 13.8. The number of ketones is 1. The highest BCUT2D eigenvalue weighted by molar-refractivity contribution is 7.14. The van der Waals surface area contributed by atoms with Crippen molar-refractivity contribution in [1.29, 1.82) is 0 Å². The lowest BCUT2D eigenvalue weighted by atomic mass is 9.93. The molecule has 1 aromatic carbocycles. The summed E-state index contributed by atoms with van der Waals surface area (Å²) in [7, 11) is 0. The average Bonchev–Trinajstić information content (AvgIpc) is 3.27. The summed E-state index contributed by atoms with van der Waals surface area (Å²) in [5.41, 5.74) is 3.43. The van der Waals surface area contributed by atoms with E-state index in [-0.39, 0.29) is 11.4 Å². The van der Waals surface area contributed by atoms with Crippen LogP contribution in [0, 0.1) is 20.8 Å². The molecule has 0 saturated heterocycles. The Bertz CT molecular complexity index is 1170. The molecule has 1 aliphatic heterocycles. The number of aromatic amines is 1. The number of amides is 1. The third-order valence-electron chi connectivity index (χ3n) is 5.34. The number of hydrogen-bond acceptors (Lipinski definition) is 5. The summed E-state index contributed by atoms with van der Waals surface area (Å²) in [6.45, 7) is 7.97. The number of aryl methyl sites for hydroxylation is 3. The lowest BCUT2D eigenvalue weighted by Crippen LogP contribution is -2.32. The van der Waals surface area contributed by atoms with E-state index in [1.165, 1.54) is 11.3 Å². The van der Waals surface area contributed by atoms with E-state index in [0.717, 1.165) is 33.6 Å². The first kappa shape index (κ1) is 19.4. The van der Waals surface area contributed by atoms with Gasteiger partial charge >= 0.3 is 0 Å². The van der Waals surface area contributed by atoms with Crippen molar-refractivity contribution in [3.8, 4) is 0 Å². The molecule has 6 nitrogen and oxygen atoms in total. The van der Waals surface area contributed by atoms with Gasteiger partial charge in [0.25, 0.3) is 5.91 Å². The summed E-state index contributed by atoms with van der Waals surface area (Å²) >= 11 is 1.29. The van der Waals surface area contributed by atoms with E-state index in [4.69, 9.17) is 0 Å². The van der Waals surface area contributed by atoms with Crippen LogP contribution in [0.1, 0.15) is 51.0 Å². The zero-order chi connectivity index (χ0) is 20.9. The summed E-state index contributed by atoms with van der Waals surface area (Å²) in [5.74, 6) is -1.28. The normalized spacial score (nSPS) is 17.0. The molecule has 0 bridgehead atoms. The molecule has 2 N–H and O–H groups in total. The van der Waals surface area contributed by atoms with E-state index in [9.17, 15) is 14.7 Å². The molecule has 0 fully saturated rings. The Morgan fingerprint density at radius 3 is 2.66 bits per heavy atom. The summed E-state index contributed by atoms with van der Waals surface area (Å²) in [6.07, 6.45) is 0.719. The Kier molecular flexibility index (Phi) is 4.78. The largest absolute Gasteiger partial charge is 0.503 e. The van der Waals surface area contributed by atoms with Crippen LogP contribution >= 0.6 is 11.3 Å². The van der Waals surface area contributed by atoms with Gasteiger partial charge in [0.15, 0.2) is 5.76 Å². The molecule has 0 aliphatic carbocycles. The number of H-pyrrole nitrogens is 1. The Morgan fingerprint density at radius 1 is 1.28 bits per heavy atom. The Labute approximate surface area is 172 Å². The van der Waals surface area contributed by atoms with Crippen molar-refractivity contribution in [2.24, 2.45) is 0 Å². The Morgan fingerprint density at radius 2 is 2.00 bits per heavy atom. The average molecular weight is 410 g/mol. The molecule has 1 aliphatic rings. The fraction of sp³-hybridized carbons (Fsp3) is 0.318. The van der Waals surface area contributed by atoms with Gasteiger partial charge in [-0.3, -0.25) is 9.59 Å². The maximum atomic E-state index is 13.5. The molecule has 4 rings (SSSR count). The second kappa shape index (κ2) is 7.15. The number of benzene rings is 1. The maximum Gasteiger partial charge on any atom is 0.290 e. The molecule has 7 heteroatoms. The number of fused-ring (bicyclic) bond motifs is 1. The van der Waals surface area contributed by atoms with Crippen LogP contribution in [0.5, 0.6) is 0 Å². The molecule has 3 aromatic rings. The first-order valence-corrected chi connectivity index (χ1v) is 10.5. The van der Waals surface area contributed by atoms with Gasteiger partial charge in [-0.15, -0.1) is 11.3 Å². The van der Waals surface area contributed by atoms with Gasteiger partial charge in [0, 0.05) is 28.7 Å². The van der Waals surface area contributed by atoms with Crippen molar-refractivity contribution in [1.82, 2.24) is 14.9 Å². The van der Waals surface area contributed by atoms with E-state index < -0.39 is 17.7 Å². The van der Waals surface area contributed by atoms with Crippen molar-refractivity contribution in [3.63, 3.8) is 0 Å². The molecular formula is C22H23N3O3S. The Balaban J connectivity index is 1.94. The van der Waals surface area contributed by atoms with Crippen LogP contribution in [0.15, 0.2) is 35.6 Å². The fourth-order valence-electron chi connectivity index (χ4n) is 4.17. The highest BCUT2D eigenvalue weighted by Gasteiger charge is 2.45. The van der Waals surface area contributed by atoms with Crippen LogP contribution in [0.2, 0.25) is 0 Å². The van der Waals surface area contributed by atoms with Gasteiger partial charge < -0.3 is 15.0 Å². The molecule has 3 heterocycles. The topological polar surface area (TPSA) is 86.3 Å². The number of thiazole rings is 1. The first-order valence-electron chi connectivity index (χ1n) is 9.65. The van der Waals surface area contributed by atoms with Crippen LogP contribution in [0.3, 0.4) is 0 Å². The van der Waals surface area contributed by atoms with E-state index in [1.54, 1.807) is 11.8 Å². The number of rotatable bonds is 5. The molecular weight excluding hydrogens is 386 g/mol. The van der Waals surface area contributed by atoms with Crippen LogP contribution in [0.25, 0.3) is 10.9 Å². The van der Waals surface area contributed by atoms with Crippen molar-refractivity contribution in [3.05, 3.63) is 62.4 Å². The Hall–Kier alpha value is -2.93. The number of nitrogens with zero attached hydrogens (tertiary/aromatic N) is 2. The van der Waals surface area contributed by atoms with Gasteiger partial charge in [0.2, 0.25) is 5.78 Å². The van der Waals surface area contributed by atoms with Gasteiger partial charge in [0.05, 0.1) is 27.2 Å². The molecule has 0 saturated carbocycles. The standard InChI is InChI=1S/C22H23N3O3S/c1-5-10-25-18(16-11(2)24-15-9-7-6-8-14(15)16)17(20(27)22(25)28)19(26)21-12(3)23-13(4)29-21/h6-9,18,24,27H,5,10H2,1-4H3. The molecule has 0 radical (unpaired) electrons. The molecule has 1 unspecified atom stereocenters. The summed E-state index contributed by atoms with van der Waals surface area (Å²) in [4.78, 5) is 36.2. The van der Waals surface area contributed by atoms with E-state index >= 15 is 0 Å². The third kappa shape index (κ3) is 2.97. The molecule has 2 aromatic heterocycles. The summed E-state index contributed by atoms with van der Waals surface area (Å²) in [5, 5.41) is 12.5. The predicted octanol–water partition coefficient (Wildman–Crippen LogP) is 4.54. The number of carbonyl (C=O) groups is 2. The molecule has 29 heavy (non-hydrogen) atoms. The number of aliphatic hydroxyl groups is 1. The third-order valence-corrected chi connectivity index (χ3v) is 6.41. The minimum Gasteiger partial charge on any atom is -0.503 e. The van der Waals surface area contributed by atoms with E-state index in [0.29, 0.717) is 17.1 Å². The number of aromatic nitrogens is 2. The predicted molar refractivity (Wildman–Crippen MR) is 113 cm³/mol. The van der Waals surface area contributed by atoms with Gasteiger partial charge in [-0.1, -0.05) is 25.1 Å². The zero-order valence-electron chi connectivity index (χ0n) is 16.9. The monoisotopic (exact) mass is 409 g/mol. The number of hydrogen-bond donors (Lipinski definition) is 2. The lowest BCUT2D eigenvalue weighted by Gasteiger charge is -2.26. The number of nitrogens with one attached hydrogen (secondary N) is 1. The van der Waals surface area contributed by atoms with Crippen LogP contribution in [0.4, 0.5) is 0 Å². The van der Waals surface area contributed by atoms with Crippen molar-refractivity contribution in [2.75, 3.05) is 6.54 Å². The number of aliphatic hydroxyl groups excluding tert-OH is 1. The number of carbonyl (C=O) groups excluding carboxylic acids is 2. The second-order valence-corrected chi connectivity index (χ2v) is 8.55.